The summed E-state index contributed by atoms with van der Waals surface area (Å²) in [5.74, 6) is -2.71. The molecule has 0 saturated carbocycles. The zero-order valence-corrected chi connectivity index (χ0v) is 17.3. The van der Waals surface area contributed by atoms with Gasteiger partial charge in [0.1, 0.15) is 11.9 Å². The Morgan fingerprint density at radius 2 is 1.84 bits per heavy atom. The Balaban J connectivity index is 2.02. The normalized spacial score (nSPS) is 13.6. The van der Waals surface area contributed by atoms with E-state index in [1.54, 1.807) is 36.4 Å². The number of aromatic nitrogens is 2. The number of benzene rings is 2. The van der Waals surface area contributed by atoms with Crippen LogP contribution in [0.1, 0.15) is 6.92 Å². The number of anilines is 2. The number of halogens is 5. The van der Waals surface area contributed by atoms with Crippen LogP contribution in [0, 0.1) is 0 Å². The number of nitrogens with two attached hydrogens (primary N) is 1. The second-order valence-electron chi connectivity index (χ2n) is 6.47. The Bertz CT molecular complexity index is 1120. The molecular formula is C19H15Cl2F3N4O3. The molecule has 0 fully saturated rings. The molecule has 2 aromatic carbocycles. The molecule has 1 aromatic heterocycles. The molecule has 1 heterocycles. The fourth-order valence-corrected chi connectivity index (χ4v) is 3.37. The molecule has 0 bridgehead atoms. The molecule has 2 unspecified atom stereocenters. The topological polar surface area (TPSA) is 110 Å². The first kappa shape index (κ1) is 22.9. The van der Waals surface area contributed by atoms with Crippen molar-refractivity contribution in [2.24, 2.45) is 0 Å². The molecular weight excluding hydrogens is 460 g/mol. The molecule has 0 aliphatic heterocycles. The monoisotopic (exact) mass is 474 g/mol. The second-order valence-corrected chi connectivity index (χ2v) is 7.28. The van der Waals surface area contributed by atoms with E-state index in [1.165, 1.54) is 0 Å². The van der Waals surface area contributed by atoms with Gasteiger partial charge < -0.3 is 20.9 Å². The van der Waals surface area contributed by atoms with E-state index in [2.05, 4.69) is 20.0 Å². The predicted molar refractivity (Wildman–Crippen MR) is 111 cm³/mol. The van der Waals surface area contributed by atoms with Crippen LogP contribution in [-0.4, -0.2) is 39.6 Å². The van der Waals surface area contributed by atoms with E-state index >= 15 is 0 Å². The van der Waals surface area contributed by atoms with Gasteiger partial charge in [0.2, 0.25) is 5.95 Å². The molecule has 12 heteroatoms. The number of carbonyl (C=O) groups excluding carboxylic acids is 1. The first-order valence-corrected chi connectivity index (χ1v) is 9.47. The number of nitrogen functional groups attached to an aromatic ring is 1. The van der Waals surface area contributed by atoms with Crippen molar-refractivity contribution in [2.45, 2.75) is 25.4 Å². The maximum atomic E-state index is 12.5. The highest BCUT2D eigenvalue weighted by Gasteiger charge is 2.43. The second kappa shape index (κ2) is 8.74. The molecule has 0 aliphatic carbocycles. The summed E-state index contributed by atoms with van der Waals surface area (Å²) in [4.78, 5) is 19.3. The Morgan fingerprint density at radius 3 is 2.42 bits per heavy atom. The third kappa shape index (κ3) is 5.09. The fourth-order valence-electron chi connectivity index (χ4n) is 2.75. The fraction of sp³-hybridized carbons (Fsp3) is 0.211. The van der Waals surface area contributed by atoms with E-state index < -0.39 is 24.5 Å². The van der Waals surface area contributed by atoms with E-state index in [0.717, 1.165) is 6.92 Å². The number of fused-ring (bicyclic) bond motifs is 1. The van der Waals surface area contributed by atoms with E-state index in [4.69, 9.17) is 28.9 Å². The highest BCUT2D eigenvalue weighted by Crippen LogP contribution is 2.36. The van der Waals surface area contributed by atoms with Gasteiger partial charge in [-0.3, -0.25) is 0 Å². The third-order valence-corrected chi connectivity index (χ3v) is 4.78. The van der Waals surface area contributed by atoms with Crippen LogP contribution in [-0.2, 0) is 9.53 Å². The van der Waals surface area contributed by atoms with Crippen LogP contribution in [0.15, 0.2) is 36.4 Å². The Labute approximate surface area is 183 Å². The number of hydrogen-bond acceptors (Lipinski definition) is 7. The molecule has 7 nitrogen and oxygen atoms in total. The number of nitrogens with zero attached hydrogens (tertiary/aromatic N) is 2. The van der Waals surface area contributed by atoms with Crippen LogP contribution >= 0.6 is 23.2 Å². The van der Waals surface area contributed by atoms with Crippen molar-refractivity contribution in [3.8, 4) is 11.1 Å². The van der Waals surface area contributed by atoms with E-state index in [0.29, 0.717) is 32.1 Å². The number of nitrogens with one attached hydrogen (secondary N) is 1. The van der Waals surface area contributed by atoms with Crippen LogP contribution in [0.5, 0.6) is 0 Å². The lowest BCUT2D eigenvalue weighted by Crippen LogP contribution is -2.40. The smallest absolute Gasteiger partial charge is 0.432 e. The van der Waals surface area contributed by atoms with E-state index in [9.17, 15) is 23.1 Å². The standard InChI is InChI=1S/C19H15Cl2F3N4O3/c1-8(29)16(31-17(30)19(22,23)24)27-15-10-6-5-9(7-13(10)26-18(25)28-15)14-11(20)3-2-4-12(14)21/h2-8,16,29H,1H3,(H3,25,26,27,28). The minimum Gasteiger partial charge on any atom is -0.432 e. The number of aliphatic hydroxyl groups is 1. The van der Waals surface area contributed by atoms with Gasteiger partial charge in [0.15, 0.2) is 6.23 Å². The van der Waals surface area contributed by atoms with Gasteiger partial charge in [0.25, 0.3) is 0 Å². The maximum absolute atomic E-state index is 12.5. The van der Waals surface area contributed by atoms with Crippen molar-refractivity contribution in [3.63, 3.8) is 0 Å². The average molecular weight is 475 g/mol. The van der Waals surface area contributed by atoms with Crippen molar-refractivity contribution in [1.29, 1.82) is 0 Å². The lowest BCUT2D eigenvalue weighted by atomic mass is 10.0. The molecule has 164 valence electrons. The van der Waals surface area contributed by atoms with Gasteiger partial charge in [-0.2, -0.15) is 18.2 Å². The van der Waals surface area contributed by atoms with Gasteiger partial charge in [-0.15, -0.1) is 0 Å². The van der Waals surface area contributed by atoms with Gasteiger partial charge in [-0.1, -0.05) is 35.3 Å². The van der Waals surface area contributed by atoms with Crippen molar-refractivity contribution in [3.05, 3.63) is 46.4 Å². The minimum atomic E-state index is -5.23. The summed E-state index contributed by atoms with van der Waals surface area (Å²) in [6, 6.07) is 9.85. The van der Waals surface area contributed by atoms with E-state index in [-0.39, 0.29) is 11.8 Å². The zero-order chi connectivity index (χ0) is 22.9. The van der Waals surface area contributed by atoms with Crippen LogP contribution in [0.4, 0.5) is 24.9 Å². The summed E-state index contributed by atoms with van der Waals surface area (Å²) < 4.78 is 42.0. The summed E-state index contributed by atoms with van der Waals surface area (Å²) in [7, 11) is 0. The first-order valence-electron chi connectivity index (χ1n) is 8.71. The van der Waals surface area contributed by atoms with Crippen molar-refractivity contribution in [2.75, 3.05) is 11.1 Å². The lowest BCUT2D eigenvalue weighted by Gasteiger charge is -2.23. The summed E-state index contributed by atoms with van der Waals surface area (Å²) in [6.07, 6.45) is -8.48. The van der Waals surface area contributed by atoms with Gasteiger partial charge >= 0.3 is 12.1 Å². The molecule has 0 spiro atoms. The lowest BCUT2D eigenvalue weighted by molar-refractivity contribution is -0.207. The molecule has 0 aliphatic rings. The predicted octanol–water partition coefficient (Wildman–Crippen LogP) is 4.41. The Morgan fingerprint density at radius 1 is 1.19 bits per heavy atom. The SMILES string of the molecule is CC(O)C(Nc1nc(N)nc2cc(-c3c(Cl)cccc3Cl)ccc12)OC(=O)C(F)(F)F. The molecule has 4 N–H and O–H groups in total. The highest BCUT2D eigenvalue weighted by atomic mass is 35.5. The number of alkyl halides is 3. The molecule has 0 saturated heterocycles. The van der Waals surface area contributed by atoms with Crippen LogP contribution in [0.2, 0.25) is 10.0 Å². The average Bonchev–Trinajstić information content (AvgIpc) is 2.66. The first-order chi connectivity index (χ1) is 14.5. The van der Waals surface area contributed by atoms with Crippen LogP contribution in [0.3, 0.4) is 0 Å². The molecule has 0 amide bonds. The van der Waals surface area contributed by atoms with Gasteiger partial charge in [-0.25, -0.2) is 9.78 Å². The molecule has 0 radical (unpaired) electrons. The van der Waals surface area contributed by atoms with Crippen LogP contribution < -0.4 is 11.1 Å². The number of ether oxygens (including phenoxy) is 1. The van der Waals surface area contributed by atoms with Gasteiger partial charge in [-0.05, 0) is 36.8 Å². The molecule has 3 rings (SSSR count). The minimum absolute atomic E-state index is 0.0415. The maximum Gasteiger partial charge on any atom is 0.491 e. The van der Waals surface area contributed by atoms with Gasteiger partial charge in [0, 0.05) is 21.0 Å². The molecule has 31 heavy (non-hydrogen) atoms. The quantitative estimate of drug-likeness (QED) is 0.371. The Hall–Kier alpha value is -2.82. The number of aliphatic hydroxyl groups excluding tert-OH is 1. The van der Waals surface area contributed by atoms with Crippen molar-refractivity contribution in [1.82, 2.24) is 9.97 Å². The summed E-state index contributed by atoms with van der Waals surface area (Å²) in [5, 5.41) is 13.4. The Kier molecular flexibility index (Phi) is 6.44. The third-order valence-electron chi connectivity index (χ3n) is 4.15. The number of carbonyl (C=O) groups is 1. The summed E-state index contributed by atoms with van der Waals surface area (Å²) in [5.41, 5.74) is 7.22. The van der Waals surface area contributed by atoms with Gasteiger partial charge in [0.05, 0.1) is 5.52 Å². The van der Waals surface area contributed by atoms with Crippen molar-refractivity contribution >= 4 is 51.8 Å². The van der Waals surface area contributed by atoms with Crippen LogP contribution in [0.25, 0.3) is 22.0 Å². The van der Waals surface area contributed by atoms with E-state index in [1.807, 2.05) is 0 Å². The summed E-state index contributed by atoms with van der Waals surface area (Å²) in [6.45, 7) is 1.14. The number of hydrogen-bond donors (Lipinski definition) is 3. The number of rotatable bonds is 5. The molecule has 2 atom stereocenters. The molecule has 3 aromatic rings. The van der Waals surface area contributed by atoms with Crippen molar-refractivity contribution < 1.29 is 27.8 Å². The number of esters is 1. The zero-order valence-electron chi connectivity index (χ0n) is 15.7. The largest absolute Gasteiger partial charge is 0.491 e. The highest BCUT2D eigenvalue weighted by molar-refractivity contribution is 6.39. The summed E-state index contributed by atoms with van der Waals surface area (Å²) >= 11 is 12.5.